The molecule has 3 heteroatoms. The molecule has 0 radical (unpaired) electrons. The Morgan fingerprint density at radius 2 is 1.86 bits per heavy atom. The normalized spacial score (nSPS) is 12.4. The van der Waals surface area contributed by atoms with Gasteiger partial charge in [0.25, 0.3) is 5.91 Å². The third kappa shape index (κ3) is 4.23. The molecule has 1 atom stereocenters. The fourth-order valence-electron chi connectivity index (χ4n) is 2.37. The minimum atomic E-state index is -0.446. The zero-order chi connectivity index (χ0) is 15.9. The van der Waals surface area contributed by atoms with Crippen LogP contribution in [0.4, 0.5) is 0 Å². The number of nitrogens with one attached hydrogen (secondary N) is 1. The minimum absolute atomic E-state index is 0.0314. The standard InChI is InChI=1S/C19H25NO2/c1-4-17(19(21)20-13-12-14(2)3)22-18-11-7-9-15-8-5-6-10-16(15)18/h5-11,14,17H,4,12-13H2,1-3H3,(H,20,21)/t17-/m0/s1. The molecule has 0 fully saturated rings. The SMILES string of the molecule is CC[C@H](Oc1cccc2ccccc12)C(=O)NCCC(C)C. The van der Waals surface area contributed by atoms with E-state index in [4.69, 9.17) is 4.74 Å². The Hall–Kier alpha value is -2.03. The van der Waals surface area contributed by atoms with Crippen LogP contribution in [0.5, 0.6) is 5.75 Å². The summed E-state index contributed by atoms with van der Waals surface area (Å²) in [6, 6.07) is 14.0. The molecular formula is C19H25NO2. The molecule has 0 aliphatic rings. The van der Waals surface area contributed by atoms with Gasteiger partial charge in [-0.05, 0) is 30.2 Å². The fourth-order valence-corrected chi connectivity index (χ4v) is 2.37. The van der Waals surface area contributed by atoms with Crippen molar-refractivity contribution in [2.45, 2.75) is 39.7 Å². The number of carbonyl (C=O) groups excluding carboxylic acids is 1. The van der Waals surface area contributed by atoms with Crippen LogP contribution in [0.2, 0.25) is 0 Å². The maximum Gasteiger partial charge on any atom is 0.261 e. The molecule has 0 aromatic heterocycles. The highest BCUT2D eigenvalue weighted by Gasteiger charge is 2.18. The number of ether oxygens (including phenoxy) is 1. The van der Waals surface area contributed by atoms with Gasteiger partial charge in [0, 0.05) is 11.9 Å². The Kier molecular flexibility index (Phi) is 5.82. The highest BCUT2D eigenvalue weighted by atomic mass is 16.5. The lowest BCUT2D eigenvalue weighted by Crippen LogP contribution is -2.38. The van der Waals surface area contributed by atoms with Gasteiger partial charge in [-0.3, -0.25) is 4.79 Å². The van der Waals surface area contributed by atoms with Crippen molar-refractivity contribution in [2.75, 3.05) is 6.54 Å². The second-order valence-electron chi connectivity index (χ2n) is 5.97. The molecule has 1 N–H and O–H groups in total. The Labute approximate surface area is 132 Å². The van der Waals surface area contributed by atoms with E-state index in [9.17, 15) is 4.79 Å². The molecule has 22 heavy (non-hydrogen) atoms. The molecule has 2 aromatic rings. The molecule has 0 unspecified atom stereocenters. The minimum Gasteiger partial charge on any atom is -0.480 e. The largest absolute Gasteiger partial charge is 0.480 e. The zero-order valence-electron chi connectivity index (χ0n) is 13.6. The van der Waals surface area contributed by atoms with Crippen molar-refractivity contribution in [1.82, 2.24) is 5.32 Å². The summed E-state index contributed by atoms with van der Waals surface area (Å²) in [5.41, 5.74) is 0. The number of amides is 1. The van der Waals surface area contributed by atoms with Gasteiger partial charge in [0.15, 0.2) is 6.10 Å². The van der Waals surface area contributed by atoms with Crippen LogP contribution in [0.3, 0.4) is 0 Å². The highest BCUT2D eigenvalue weighted by Crippen LogP contribution is 2.26. The van der Waals surface area contributed by atoms with Gasteiger partial charge in [0.1, 0.15) is 5.75 Å². The molecule has 1 amide bonds. The molecule has 0 aliphatic heterocycles. The smallest absolute Gasteiger partial charge is 0.261 e. The summed E-state index contributed by atoms with van der Waals surface area (Å²) in [5.74, 6) is 1.32. The van der Waals surface area contributed by atoms with Gasteiger partial charge in [0.05, 0.1) is 0 Å². The van der Waals surface area contributed by atoms with Crippen LogP contribution in [0, 0.1) is 5.92 Å². The summed E-state index contributed by atoms with van der Waals surface area (Å²) in [5, 5.41) is 5.13. The second kappa shape index (κ2) is 7.83. The van der Waals surface area contributed by atoms with Gasteiger partial charge >= 0.3 is 0 Å². The van der Waals surface area contributed by atoms with E-state index >= 15 is 0 Å². The summed E-state index contributed by atoms with van der Waals surface area (Å²) in [6.07, 6.45) is 1.19. The first kappa shape index (κ1) is 16.3. The summed E-state index contributed by atoms with van der Waals surface area (Å²) >= 11 is 0. The van der Waals surface area contributed by atoms with Crippen molar-refractivity contribution >= 4 is 16.7 Å². The molecule has 0 saturated carbocycles. The summed E-state index contributed by atoms with van der Waals surface area (Å²) in [4.78, 5) is 12.3. The molecule has 0 heterocycles. The number of hydrogen-bond donors (Lipinski definition) is 1. The average molecular weight is 299 g/mol. The van der Waals surface area contributed by atoms with E-state index in [1.165, 1.54) is 0 Å². The predicted octanol–water partition coefficient (Wildman–Crippen LogP) is 4.16. The lowest BCUT2D eigenvalue weighted by Gasteiger charge is -2.19. The number of benzene rings is 2. The summed E-state index contributed by atoms with van der Waals surface area (Å²) < 4.78 is 5.98. The Bertz CT molecular complexity index is 616. The molecular weight excluding hydrogens is 274 g/mol. The molecule has 3 nitrogen and oxygen atoms in total. The zero-order valence-corrected chi connectivity index (χ0v) is 13.6. The first-order valence-corrected chi connectivity index (χ1v) is 8.04. The van der Waals surface area contributed by atoms with E-state index < -0.39 is 6.10 Å². The molecule has 2 rings (SSSR count). The molecule has 0 bridgehead atoms. The maximum absolute atomic E-state index is 12.3. The molecule has 2 aromatic carbocycles. The van der Waals surface area contributed by atoms with E-state index in [1.807, 2.05) is 49.4 Å². The number of carbonyl (C=O) groups is 1. The Balaban J connectivity index is 2.07. The third-order valence-corrected chi connectivity index (χ3v) is 3.70. The van der Waals surface area contributed by atoms with Gasteiger partial charge in [-0.15, -0.1) is 0 Å². The lowest BCUT2D eigenvalue weighted by molar-refractivity contribution is -0.128. The van der Waals surface area contributed by atoms with Crippen molar-refractivity contribution < 1.29 is 9.53 Å². The van der Waals surface area contributed by atoms with Gasteiger partial charge in [-0.2, -0.15) is 0 Å². The molecule has 0 saturated heterocycles. The van der Waals surface area contributed by atoms with Crippen LogP contribution in [-0.4, -0.2) is 18.6 Å². The summed E-state index contributed by atoms with van der Waals surface area (Å²) in [6.45, 7) is 6.97. The molecule has 118 valence electrons. The molecule has 0 aliphatic carbocycles. The van der Waals surface area contributed by atoms with Crippen LogP contribution < -0.4 is 10.1 Å². The Morgan fingerprint density at radius 1 is 1.14 bits per heavy atom. The number of rotatable bonds is 7. The predicted molar refractivity (Wildman–Crippen MR) is 91.1 cm³/mol. The first-order valence-electron chi connectivity index (χ1n) is 8.04. The number of fused-ring (bicyclic) bond motifs is 1. The lowest BCUT2D eigenvalue weighted by atomic mass is 10.1. The first-order chi connectivity index (χ1) is 10.6. The van der Waals surface area contributed by atoms with Crippen LogP contribution in [-0.2, 0) is 4.79 Å². The molecule has 0 spiro atoms. The van der Waals surface area contributed by atoms with Gasteiger partial charge in [0.2, 0.25) is 0 Å². The quantitative estimate of drug-likeness (QED) is 0.833. The average Bonchev–Trinajstić information content (AvgIpc) is 2.52. The van der Waals surface area contributed by atoms with Crippen molar-refractivity contribution in [2.24, 2.45) is 5.92 Å². The highest BCUT2D eigenvalue weighted by molar-refractivity contribution is 5.89. The number of hydrogen-bond acceptors (Lipinski definition) is 2. The van der Waals surface area contributed by atoms with Crippen molar-refractivity contribution in [1.29, 1.82) is 0 Å². The van der Waals surface area contributed by atoms with Crippen molar-refractivity contribution in [3.05, 3.63) is 42.5 Å². The second-order valence-corrected chi connectivity index (χ2v) is 5.97. The van der Waals surface area contributed by atoms with Gasteiger partial charge in [-0.25, -0.2) is 0 Å². The monoisotopic (exact) mass is 299 g/mol. The van der Waals surface area contributed by atoms with E-state index in [1.54, 1.807) is 0 Å². The fraction of sp³-hybridized carbons (Fsp3) is 0.421. The van der Waals surface area contributed by atoms with Crippen LogP contribution in [0.25, 0.3) is 10.8 Å². The van der Waals surface area contributed by atoms with Crippen LogP contribution in [0.1, 0.15) is 33.6 Å². The third-order valence-electron chi connectivity index (χ3n) is 3.70. The van der Waals surface area contributed by atoms with Crippen LogP contribution in [0.15, 0.2) is 42.5 Å². The van der Waals surface area contributed by atoms with Crippen molar-refractivity contribution in [3.63, 3.8) is 0 Å². The van der Waals surface area contributed by atoms with E-state index in [2.05, 4.69) is 19.2 Å². The van der Waals surface area contributed by atoms with Crippen LogP contribution >= 0.6 is 0 Å². The van der Waals surface area contributed by atoms with Gasteiger partial charge < -0.3 is 10.1 Å². The van der Waals surface area contributed by atoms with E-state index in [0.717, 1.165) is 22.9 Å². The van der Waals surface area contributed by atoms with Crippen molar-refractivity contribution in [3.8, 4) is 5.75 Å². The maximum atomic E-state index is 12.3. The topological polar surface area (TPSA) is 38.3 Å². The van der Waals surface area contributed by atoms with E-state index in [0.29, 0.717) is 18.9 Å². The summed E-state index contributed by atoms with van der Waals surface area (Å²) in [7, 11) is 0. The van der Waals surface area contributed by atoms with E-state index in [-0.39, 0.29) is 5.91 Å². The van der Waals surface area contributed by atoms with Gasteiger partial charge in [-0.1, -0.05) is 57.2 Å². The Morgan fingerprint density at radius 3 is 2.59 bits per heavy atom.